The second-order valence-corrected chi connectivity index (χ2v) is 17.2. The lowest BCUT2D eigenvalue weighted by Gasteiger charge is -2.30. The molecule has 2 aliphatic rings. The van der Waals surface area contributed by atoms with Crippen LogP contribution in [-0.2, 0) is 28.5 Å². The molecule has 2 aromatic carbocycles. The van der Waals surface area contributed by atoms with Gasteiger partial charge in [0.1, 0.15) is 36.9 Å². The van der Waals surface area contributed by atoms with Crippen LogP contribution in [0.15, 0.2) is 48.8 Å². The maximum Gasteiger partial charge on any atom is 0.407 e. The zero-order chi connectivity index (χ0) is 45.9. The monoisotopic (exact) mass is 904 g/mol. The summed E-state index contributed by atoms with van der Waals surface area (Å²) in [6, 6.07) is 9.80. The van der Waals surface area contributed by atoms with Crippen molar-refractivity contribution in [3.8, 4) is 45.1 Å². The summed E-state index contributed by atoms with van der Waals surface area (Å²) in [6.45, 7) is 9.22. The first-order valence-electron chi connectivity index (χ1n) is 21.4. The molecule has 64 heavy (non-hydrogen) atoms. The van der Waals surface area contributed by atoms with Gasteiger partial charge < -0.3 is 58.8 Å². The highest BCUT2D eigenvalue weighted by molar-refractivity contribution is 7.99. The predicted molar refractivity (Wildman–Crippen MR) is 241 cm³/mol. The van der Waals surface area contributed by atoms with Crippen molar-refractivity contribution < 1.29 is 47.6 Å². The number of likely N-dealkylation sites (tertiary alicyclic amines) is 1. The second kappa shape index (κ2) is 22.2. The number of nitrogens with one attached hydrogen (secondary N) is 4. The number of rotatable bonds is 19. The Morgan fingerprint density at radius 2 is 1.20 bits per heavy atom. The fraction of sp³-hybridized carbons (Fsp3) is 0.511. The summed E-state index contributed by atoms with van der Waals surface area (Å²) < 4.78 is 33.2. The molecule has 2 aliphatic heterocycles. The zero-order valence-electron chi connectivity index (χ0n) is 37.7. The first kappa shape index (κ1) is 47.7. The minimum Gasteiger partial charge on any atom is -0.487 e. The summed E-state index contributed by atoms with van der Waals surface area (Å²) >= 11 is 1.63. The fourth-order valence-corrected chi connectivity index (χ4v) is 9.00. The van der Waals surface area contributed by atoms with Gasteiger partial charge in [-0.1, -0.05) is 52.0 Å². The number of carbonyl (C=O) groups is 4. The topological polar surface area (TPSA) is 212 Å². The molecule has 4 N–H and O–H groups in total. The van der Waals surface area contributed by atoms with Crippen molar-refractivity contribution in [2.45, 2.75) is 64.7 Å². The normalized spacial score (nSPS) is 17.1. The van der Waals surface area contributed by atoms with Crippen molar-refractivity contribution in [1.29, 1.82) is 0 Å². The SMILES string of the molecule is COCCOc1c(-c2ccc(-c3cnc(C4CSCN4C(=O)C(NC(=O)OC)C(C)C)[nH]3)cc2)ccc(-c2cnc(C3CCCN3C(=O)C(NC(=O)OC)C(C)C)[nH]2)c1OCCOC. The van der Waals surface area contributed by atoms with Crippen LogP contribution in [-0.4, -0.2) is 139 Å². The van der Waals surface area contributed by atoms with Gasteiger partial charge in [-0.3, -0.25) is 9.59 Å². The number of H-pyrrole nitrogens is 2. The molecule has 18 nitrogen and oxygen atoms in total. The molecule has 2 saturated heterocycles. The van der Waals surface area contributed by atoms with E-state index in [0.717, 1.165) is 28.8 Å². The lowest BCUT2D eigenvalue weighted by Crippen LogP contribution is -2.51. The van der Waals surface area contributed by atoms with E-state index in [1.807, 2.05) is 64.1 Å². The first-order valence-corrected chi connectivity index (χ1v) is 22.5. The van der Waals surface area contributed by atoms with Gasteiger partial charge in [0.15, 0.2) is 11.5 Å². The van der Waals surface area contributed by atoms with Crippen molar-refractivity contribution in [2.75, 3.05) is 73.0 Å². The summed E-state index contributed by atoms with van der Waals surface area (Å²) in [5.74, 6) is 2.71. The number of hydrogen-bond acceptors (Lipinski definition) is 13. The Morgan fingerprint density at radius 3 is 1.78 bits per heavy atom. The molecule has 346 valence electrons. The Kier molecular flexibility index (Phi) is 16.5. The molecule has 19 heteroatoms. The number of aromatic nitrogens is 4. The largest absolute Gasteiger partial charge is 0.487 e. The number of carbonyl (C=O) groups excluding carboxylic acids is 4. The first-order chi connectivity index (χ1) is 30.9. The van der Waals surface area contributed by atoms with Gasteiger partial charge in [0, 0.05) is 37.6 Å². The third-order valence-corrected chi connectivity index (χ3v) is 12.3. The van der Waals surface area contributed by atoms with Gasteiger partial charge in [0.2, 0.25) is 11.8 Å². The summed E-state index contributed by atoms with van der Waals surface area (Å²) in [6.07, 6.45) is 3.67. The number of thioether (sulfide) groups is 1. The molecule has 0 saturated carbocycles. The van der Waals surface area contributed by atoms with E-state index in [2.05, 4.69) is 20.6 Å². The number of benzene rings is 2. The number of hydrogen-bond donors (Lipinski definition) is 4. The number of nitrogens with zero attached hydrogens (tertiary/aromatic N) is 4. The highest BCUT2D eigenvalue weighted by Crippen LogP contribution is 2.46. The Morgan fingerprint density at radius 1 is 0.688 bits per heavy atom. The Balaban J connectivity index is 1.28. The molecule has 4 amide bonds. The Bertz CT molecular complexity index is 2210. The Labute approximate surface area is 377 Å². The number of methoxy groups -OCH3 is 4. The van der Waals surface area contributed by atoms with E-state index in [1.165, 1.54) is 14.2 Å². The van der Waals surface area contributed by atoms with Crippen LogP contribution in [0.25, 0.3) is 33.6 Å². The molecule has 4 atom stereocenters. The van der Waals surface area contributed by atoms with Crippen molar-refractivity contribution in [3.05, 3.63) is 60.4 Å². The molecule has 2 aromatic heterocycles. The number of amides is 4. The predicted octanol–water partition coefficient (Wildman–Crippen LogP) is 6.18. The fourth-order valence-electron chi connectivity index (χ4n) is 7.83. The lowest BCUT2D eigenvalue weighted by molar-refractivity contribution is -0.136. The van der Waals surface area contributed by atoms with Crippen LogP contribution in [0.1, 0.15) is 64.3 Å². The van der Waals surface area contributed by atoms with Crippen LogP contribution in [0.4, 0.5) is 9.59 Å². The maximum absolute atomic E-state index is 13.8. The smallest absolute Gasteiger partial charge is 0.407 e. The minimum atomic E-state index is -0.755. The van der Waals surface area contributed by atoms with E-state index in [4.69, 9.17) is 38.4 Å². The van der Waals surface area contributed by atoms with Crippen molar-refractivity contribution in [3.63, 3.8) is 0 Å². The summed E-state index contributed by atoms with van der Waals surface area (Å²) in [4.78, 5) is 71.6. The highest BCUT2D eigenvalue weighted by atomic mass is 32.2. The van der Waals surface area contributed by atoms with E-state index in [1.54, 1.807) is 48.2 Å². The van der Waals surface area contributed by atoms with Crippen LogP contribution >= 0.6 is 11.8 Å². The maximum atomic E-state index is 13.8. The Hall–Kier alpha value is -5.79. The molecule has 4 aromatic rings. The summed E-state index contributed by atoms with van der Waals surface area (Å²) in [7, 11) is 5.77. The average Bonchev–Trinajstić information content (AvgIpc) is 4.14. The highest BCUT2D eigenvalue weighted by Gasteiger charge is 2.39. The van der Waals surface area contributed by atoms with Gasteiger partial charge in [-0.05, 0) is 47.9 Å². The number of alkyl carbamates (subject to hydrolysis) is 2. The quantitative estimate of drug-likeness (QED) is 0.0776. The zero-order valence-corrected chi connectivity index (χ0v) is 38.5. The molecule has 0 aliphatic carbocycles. The number of ether oxygens (including phenoxy) is 6. The van der Waals surface area contributed by atoms with Crippen LogP contribution in [0.3, 0.4) is 0 Å². The standard InChI is InChI=1S/C45H60N8O10S/c1-26(2)36(50-44(56)60-7)42(54)52-17-9-10-34(52)40-47-23-33(49-40)31-16-15-30(38(62-20-18-58-5)39(31)63-21-19-59-6)28-11-13-29(14-12-28)32-22-46-41(48-32)35-24-64-25-53(35)43(55)37(27(3)4)51-45(57)61-8/h11-16,22-23,26-27,34-37H,9-10,17-21,24-25H2,1-8H3,(H,46,48)(H,47,49)(H,50,56)(H,51,57). The van der Waals surface area contributed by atoms with Gasteiger partial charge in [0.05, 0.1) is 69.2 Å². The molecular formula is C45H60N8O10S. The van der Waals surface area contributed by atoms with Gasteiger partial charge in [-0.2, -0.15) is 0 Å². The molecule has 0 radical (unpaired) electrons. The van der Waals surface area contributed by atoms with Gasteiger partial charge in [-0.25, -0.2) is 19.6 Å². The van der Waals surface area contributed by atoms with E-state index >= 15 is 0 Å². The van der Waals surface area contributed by atoms with Crippen molar-refractivity contribution >= 4 is 35.8 Å². The van der Waals surface area contributed by atoms with Crippen molar-refractivity contribution in [2.24, 2.45) is 11.8 Å². The third kappa shape index (κ3) is 10.9. The summed E-state index contributed by atoms with van der Waals surface area (Å²) in [5, 5.41) is 5.39. The minimum absolute atomic E-state index is 0.147. The lowest BCUT2D eigenvalue weighted by atomic mass is 9.98. The second-order valence-electron chi connectivity index (χ2n) is 16.2. The number of imidazole rings is 2. The molecule has 4 unspecified atom stereocenters. The van der Waals surface area contributed by atoms with E-state index < -0.39 is 24.3 Å². The number of aromatic amines is 2. The molecule has 0 spiro atoms. The molecule has 2 fully saturated rings. The van der Waals surface area contributed by atoms with E-state index in [0.29, 0.717) is 72.2 Å². The average molecular weight is 905 g/mol. The van der Waals surface area contributed by atoms with Gasteiger partial charge in [0.25, 0.3) is 0 Å². The van der Waals surface area contributed by atoms with Gasteiger partial charge >= 0.3 is 12.2 Å². The summed E-state index contributed by atoms with van der Waals surface area (Å²) in [5.41, 5.74) is 4.70. The van der Waals surface area contributed by atoms with Crippen LogP contribution in [0, 0.1) is 11.8 Å². The van der Waals surface area contributed by atoms with Gasteiger partial charge in [-0.15, -0.1) is 11.8 Å². The molecule has 0 bridgehead atoms. The van der Waals surface area contributed by atoms with Crippen molar-refractivity contribution in [1.82, 2.24) is 40.4 Å². The van der Waals surface area contributed by atoms with Crippen LogP contribution in [0.2, 0.25) is 0 Å². The van der Waals surface area contributed by atoms with Crippen LogP contribution in [0.5, 0.6) is 11.5 Å². The van der Waals surface area contributed by atoms with E-state index in [-0.39, 0.29) is 48.9 Å². The third-order valence-electron chi connectivity index (χ3n) is 11.3. The van der Waals surface area contributed by atoms with E-state index in [9.17, 15) is 19.2 Å². The molecule has 6 rings (SSSR count). The molecular weight excluding hydrogens is 845 g/mol. The molecule has 4 heterocycles. The van der Waals surface area contributed by atoms with Crippen LogP contribution < -0.4 is 20.1 Å².